The maximum Gasteiger partial charge on any atom is 0.253 e. The number of pyridine rings is 1. The van der Waals surface area contributed by atoms with Gasteiger partial charge < -0.3 is 19.7 Å². The number of rotatable bonds is 5. The number of carbonyl (C=O) groups is 1. The number of carbonyl (C=O) groups excluding carboxylic acids is 1. The lowest BCUT2D eigenvalue weighted by atomic mass is 9.97. The molecule has 6 rings (SSSR count). The van der Waals surface area contributed by atoms with Crippen molar-refractivity contribution in [3.05, 3.63) is 72.1 Å². The van der Waals surface area contributed by atoms with E-state index in [0.29, 0.717) is 11.5 Å². The van der Waals surface area contributed by atoms with Gasteiger partial charge >= 0.3 is 0 Å². The van der Waals surface area contributed by atoms with Crippen molar-refractivity contribution in [2.24, 2.45) is 0 Å². The molecule has 36 heavy (non-hydrogen) atoms. The van der Waals surface area contributed by atoms with E-state index in [1.165, 1.54) is 29.7 Å². The first-order valence-corrected chi connectivity index (χ1v) is 12.8. The summed E-state index contributed by atoms with van der Waals surface area (Å²) in [5.41, 5.74) is 9.00. The number of aromatic nitrogens is 2. The summed E-state index contributed by atoms with van der Waals surface area (Å²) in [7, 11) is 5.75. The topological polar surface area (TPSA) is 55.5 Å². The summed E-state index contributed by atoms with van der Waals surface area (Å²) in [5, 5.41) is 1.09. The number of nitrogens with one attached hydrogen (secondary N) is 1. The Balaban J connectivity index is 1.34. The van der Waals surface area contributed by atoms with Crippen LogP contribution < -0.4 is 4.90 Å². The number of hydrogen-bond acceptors (Lipinski definition) is 4. The molecule has 6 heteroatoms. The molecule has 0 unspecified atom stereocenters. The smallest absolute Gasteiger partial charge is 0.253 e. The molecule has 0 radical (unpaired) electrons. The Bertz CT molecular complexity index is 1410. The number of amides is 1. The van der Waals surface area contributed by atoms with Crippen molar-refractivity contribution in [3.8, 4) is 22.3 Å². The molecule has 6 nitrogen and oxygen atoms in total. The lowest BCUT2D eigenvalue weighted by Gasteiger charge is -2.35. The van der Waals surface area contributed by atoms with E-state index in [4.69, 9.17) is 4.98 Å². The fourth-order valence-corrected chi connectivity index (χ4v) is 5.24. The number of fused-ring (bicyclic) bond motifs is 1. The molecule has 184 valence electrons. The zero-order valence-corrected chi connectivity index (χ0v) is 21.3. The average Bonchev–Trinajstić information content (AvgIpc) is 3.67. The summed E-state index contributed by atoms with van der Waals surface area (Å²) < 4.78 is 0. The number of piperazine rings is 1. The number of H-pyrrole nitrogens is 1. The highest BCUT2D eigenvalue weighted by Gasteiger charge is 2.29. The average molecular weight is 480 g/mol. The standard InChI is InChI=1S/C30H33N5O/c1-33(2)30(36)22-8-6-21(7-9-22)27-19-32-29-26(27)17-24(18-31-29)23-10-11-28(25(16-23)20-4-5-20)35-14-12-34(3)13-15-35/h6-11,16-20H,4-5,12-15H2,1-3H3,(H,31,32). The van der Waals surface area contributed by atoms with Gasteiger partial charge in [0.25, 0.3) is 5.91 Å². The molecule has 1 N–H and O–H groups in total. The second-order valence-electron chi connectivity index (χ2n) is 10.4. The Labute approximate surface area is 212 Å². The molecule has 3 heterocycles. The van der Waals surface area contributed by atoms with Gasteiger partial charge in [-0.05, 0) is 72.8 Å². The summed E-state index contributed by atoms with van der Waals surface area (Å²) in [6.07, 6.45) is 6.56. The highest BCUT2D eigenvalue weighted by Crippen LogP contribution is 2.46. The van der Waals surface area contributed by atoms with Crippen molar-refractivity contribution < 1.29 is 4.79 Å². The van der Waals surface area contributed by atoms with Gasteiger partial charge in [-0.3, -0.25) is 4.79 Å². The van der Waals surface area contributed by atoms with E-state index in [9.17, 15) is 4.79 Å². The Kier molecular flexibility index (Phi) is 5.76. The lowest BCUT2D eigenvalue weighted by molar-refractivity contribution is 0.0827. The van der Waals surface area contributed by atoms with Gasteiger partial charge in [-0.25, -0.2) is 4.98 Å². The molecule has 0 atom stereocenters. The molecule has 1 aliphatic carbocycles. The number of benzene rings is 2. The lowest BCUT2D eigenvalue weighted by Crippen LogP contribution is -2.44. The van der Waals surface area contributed by atoms with Crippen LogP contribution in [0.2, 0.25) is 0 Å². The summed E-state index contributed by atoms with van der Waals surface area (Å²) in [6, 6.07) is 17.1. The van der Waals surface area contributed by atoms with Crippen LogP contribution in [0.1, 0.15) is 34.7 Å². The zero-order valence-electron chi connectivity index (χ0n) is 21.3. The fourth-order valence-electron chi connectivity index (χ4n) is 5.24. The van der Waals surface area contributed by atoms with Gasteiger partial charge in [-0.1, -0.05) is 18.2 Å². The van der Waals surface area contributed by atoms with Crippen molar-refractivity contribution >= 4 is 22.6 Å². The molecular weight excluding hydrogens is 446 g/mol. The molecule has 2 aromatic heterocycles. The van der Waals surface area contributed by atoms with Crippen molar-refractivity contribution in [1.82, 2.24) is 19.8 Å². The highest BCUT2D eigenvalue weighted by atomic mass is 16.2. The van der Waals surface area contributed by atoms with Crippen LogP contribution in [0.5, 0.6) is 0 Å². The zero-order chi connectivity index (χ0) is 24.8. The second-order valence-corrected chi connectivity index (χ2v) is 10.4. The van der Waals surface area contributed by atoms with Crippen molar-refractivity contribution in [2.75, 3.05) is 52.2 Å². The van der Waals surface area contributed by atoms with E-state index >= 15 is 0 Å². The Morgan fingerprint density at radius 2 is 1.67 bits per heavy atom. The summed E-state index contributed by atoms with van der Waals surface area (Å²) in [6.45, 7) is 4.42. The van der Waals surface area contributed by atoms with Gasteiger partial charge in [0.05, 0.1) is 0 Å². The third-order valence-electron chi connectivity index (χ3n) is 7.60. The molecule has 0 spiro atoms. The Morgan fingerprint density at radius 1 is 0.944 bits per heavy atom. The highest BCUT2D eigenvalue weighted by molar-refractivity contribution is 5.98. The first kappa shape index (κ1) is 22.8. The van der Waals surface area contributed by atoms with Crippen LogP contribution in [0.4, 0.5) is 5.69 Å². The molecule has 1 saturated heterocycles. The fraction of sp³-hybridized carbons (Fsp3) is 0.333. The predicted octanol–water partition coefficient (Wildman–Crippen LogP) is 5.23. The largest absolute Gasteiger partial charge is 0.369 e. The van der Waals surface area contributed by atoms with Crippen LogP contribution in [0, 0.1) is 0 Å². The first-order valence-electron chi connectivity index (χ1n) is 12.8. The van der Waals surface area contributed by atoms with E-state index in [0.717, 1.165) is 53.9 Å². The predicted molar refractivity (Wildman–Crippen MR) is 147 cm³/mol. The van der Waals surface area contributed by atoms with E-state index < -0.39 is 0 Å². The third kappa shape index (κ3) is 4.26. The minimum Gasteiger partial charge on any atom is -0.369 e. The maximum absolute atomic E-state index is 12.3. The Hall–Kier alpha value is -3.64. The Morgan fingerprint density at radius 3 is 2.36 bits per heavy atom. The van der Waals surface area contributed by atoms with Crippen LogP contribution in [-0.4, -0.2) is 73.0 Å². The normalized spacial score (nSPS) is 16.5. The van der Waals surface area contributed by atoms with Gasteiger partial charge in [-0.15, -0.1) is 0 Å². The number of anilines is 1. The third-order valence-corrected chi connectivity index (χ3v) is 7.60. The number of likely N-dealkylation sites (N-methyl/N-ethyl adjacent to an activating group) is 1. The number of hydrogen-bond donors (Lipinski definition) is 1. The van der Waals surface area contributed by atoms with Crippen molar-refractivity contribution in [1.29, 1.82) is 0 Å². The van der Waals surface area contributed by atoms with Gasteiger partial charge in [0.1, 0.15) is 5.65 Å². The quantitative estimate of drug-likeness (QED) is 0.426. The molecule has 2 aliphatic rings. The molecule has 4 aromatic rings. The molecule has 2 fully saturated rings. The summed E-state index contributed by atoms with van der Waals surface area (Å²) in [5.74, 6) is 0.693. The van der Waals surface area contributed by atoms with Gasteiger partial charge in [0.2, 0.25) is 0 Å². The molecule has 1 aliphatic heterocycles. The first-order chi connectivity index (χ1) is 17.5. The molecule has 2 aromatic carbocycles. The molecule has 1 saturated carbocycles. The minimum absolute atomic E-state index is 0.0101. The molecule has 0 bridgehead atoms. The second kappa shape index (κ2) is 9.10. The van der Waals surface area contributed by atoms with E-state index in [1.807, 2.05) is 36.7 Å². The SMILES string of the molecule is CN1CCN(c2ccc(-c3cnc4[nH]cc(-c5ccc(C(=O)N(C)C)cc5)c4c3)cc2C2CC2)CC1. The van der Waals surface area contributed by atoms with Crippen LogP contribution in [0.15, 0.2) is 60.9 Å². The van der Waals surface area contributed by atoms with Crippen molar-refractivity contribution in [2.45, 2.75) is 18.8 Å². The van der Waals surface area contributed by atoms with E-state index in [1.54, 1.807) is 19.0 Å². The van der Waals surface area contributed by atoms with Crippen LogP contribution in [0.25, 0.3) is 33.3 Å². The van der Waals surface area contributed by atoms with Gasteiger partial charge in [-0.2, -0.15) is 0 Å². The maximum atomic E-state index is 12.3. The van der Waals surface area contributed by atoms with Crippen LogP contribution in [-0.2, 0) is 0 Å². The summed E-state index contributed by atoms with van der Waals surface area (Å²) >= 11 is 0. The van der Waals surface area contributed by atoms with Crippen LogP contribution >= 0.6 is 0 Å². The number of aromatic amines is 1. The summed E-state index contributed by atoms with van der Waals surface area (Å²) in [4.78, 5) is 26.9. The minimum atomic E-state index is 0.0101. The van der Waals surface area contributed by atoms with Crippen LogP contribution in [0.3, 0.4) is 0 Å². The van der Waals surface area contributed by atoms with Crippen molar-refractivity contribution in [3.63, 3.8) is 0 Å². The monoisotopic (exact) mass is 479 g/mol. The van der Waals surface area contributed by atoms with E-state index in [-0.39, 0.29) is 5.91 Å². The van der Waals surface area contributed by atoms with E-state index in [2.05, 4.69) is 46.1 Å². The van der Waals surface area contributed by atoms with Gasteiger partial charge in [0.15, 0.2) is 0 Å². The van der Waals surface area contributed by atoms with Gasteiger partial charge in [0, 0.05) is 80.4 Å². The number of nitrogens with zero attached hydrogens (tertiary/aromatic N) is 4. The molecular formula is C30H33N5O. The molecule has 1 amide bonds.